The Labute approximate surface area is 179 Å². The third kappa shape index (κ3) is 4.96. The molecule has 0 aromatic heterocycles. The summed E-state index contributed by atoms with van der Waals surface area (Å²) in [6.45, 7) is 7.36. The molecule has 0 spiro atoms. The van der Waals surface area contributed by atoms with Crippen molar-refractivity contribution in [1.29, 1.82) is 0 Å². The molecule has 30 heavy (non-hydrogen) atoms. The van der Waals surface area contributed by atoms with Gasteiger partial charge in [-0.15, -0.1) is 0 Å². The molecule has 1 saturated heterocycles. The molecule has 2 N–H and O–H groups in total. The van der Waals surface area contributed by atoms with Crippen molar-refractivity contribution < 1.29 is 9.47 Å². The molecule has 160 valence electrons. The van der Waals surface area contributed by atoms with E-state index in [0.29, 0.717) is 5.92 Å². The number of hydrogen-bond donors (Lipinski definition) is 2. The van der Waals surface area contributed by atoms with Crippen LogP contribution in [0.1, 0.15) is 55.0 Å². The first-order valence-electron chi connectivity index (χ1n) is 11.2. The fourth-order valence-corrected chi connectivity index (χ4v) is 4.34. The zero-order valence-electron chi connectivity index (χ0n) is 18.1. The van der Waals surface area contributed by atoms with E-state index < -0.39 is 0 Å². The average molecular weight is 408 g/mol. The fourth-order valence-electron chi connectivity index (χ4n) is 4.34. The van der Waals surface area contributed by atoms with Crippen molar-refractivity contribution >= 4 is 5.96 Å². The molecule has 2 aliphatic heterocycles. The Balaban J connectivity index is 1.47. The summed E-state index contributed by atoms with van der Waals surface area (Å²) in [6.07, 6.45) is 3.29. The van der Waals surface area contributed by atoms with E-state index in [1.54, 1.807) is 0 Å². The fraction of sp³-hybridized carbons (Fsp3) is 0.480. The Kier molecular flexibility index (Phi) is 6.90. The lowest BCUT2D eigenvalue weighted by molar-refractivity contribution is -0.0250. The maximum absolute atomic E-state index is 6.18. The van der Waals surface area contributed by atoms with Gasteiger partial charge in [-0.1, -0.05) is 48.0 Å². The number of aliphatic imine (C=N–C) groups is 1. The van der Waals surface area contributed by atoms with Gasteiger partial charge in [0.1, 0.15) is 5.75 Å². The van der Waals surface area contributed by atoms with Crippen LogP contribution < -0.4 is 15.4 Å². The van der Waals surface area contributed by atoms with Gasteiger partial charge in [-0.2, -0.15) is 0 Å². The number of aryl methyl sites for hydroxylation is 1. The van der Waals surface area contributed by atoms with Crippen LogP contribution in [0.15, 0.2) is 53.5 Å². The Morgan fingerprint density at radius 1 is 1.07 bits per heavy atom. The van der Waals surface area contributed by atoms with Gasteiger partial charge in [0.25, 0.3) is 0 Å². The topological polar surface area (TPSA) is 54.9 Å². The van der Waals surface area contributed by atoms with Crippen molar-refractivity contribution in [1.82, 2.24) is 10.6 Å². The number of fused-ring (bicyclic) bond motifs is 1. The van der Waals surface area contributed by atoms with Crippen LogP contribution in [0.25, 0.3) is 0 Å². The minimum Gasteiger partial charge on any atom is -0.493 e. The van der Waals surface area contributed by atoms with Crippen LogP contribution in [0, 0.1) is 12.8 Å². The first kappa shape index (κ1) is 20.7. The molecule has 0 amide bonds. The van der Waals surface area contributed by atoms with E-state index in [1.165, 1.54) is 16.7 Å². The first-order valence-corrected chi connectivity index (χ1v) is 11.2. The summed E-state index contributed by atoms with van der Waals surface area (Å²) in [5.41, 5.74) is 3.74. The van der Waals surface area contributed by atoms with Crippen LogP contribution in [0.2, 0.25) is 0 Å². The molecule has 2 aliphatic rings. The summed E-state index contributed by atoms with van der Waals surface area (Å²) in [7, 11) is 0. The highest BCUT2D eigenvalue weighted by Crippen LogP contribution is 2.34. The highest BCUT2D eigenvalue weighted by atomic mass is 16.5. The lowest BCUT2D eigenvalue weighted by atomic mass is 9.89. The molecular formula is C25H33N3O2. The van der Waals surface area contributed by atoms with Crippen molar-refractivity contribution in [3.8, 4) is 5.75 Å². The molecule has 0 saturated carbocycles. The Morgan fingerprint density at radius 3 is 2.73 bits per heavy atom. The first-order chi connectivity index (χ1) is 14.7. The normalized spacial score (nSPS) is 23.9. The molecule has 2 heterocycles. The van der Waals surface area contributed by atoms with Crippen molar-refractivity contribution in [3.05, 3.63) is 65.2 Å². The second kappa shape index (κ2) is 9.98. The molecule has 0 radical (unpaired) electrons. The predicted octanol–water partition coefficient (Wildman–Crippen LogP) is 4.54. The van der Waals surface area contributed by atoms with Gasteiger partial charge in [0.05, 0.1) is 18.8 Å². The van der Waals surface area contributed by atoms with Crippen molar-refractivity contribution in [2.45, 2.75) is 45.3 Å². The van der Waals surface area contributed by atoms with E-state index in [-0.39, 0.29) is 12.1 Å². The van der Waals surface area contributed by atoms with E-state index in [0.717, 1.165) is 57.3 Å². The smallest absolute Gasteiger partial charge is 0.191 e. The molecule has 5 heteroatoms. The van der Waals surface area contributed by atoms with Gasteiger partial charge in [-0.3, -0.25) is 4.99 Å². The Hall–Kier alpha value is -2.53. The number of hydrogen-bond acceptors (Lipinski definition) is 3. The van der Waals surface area contributed by atoms with Crippen LogP contribution in [0.3, 0.4) is 0 Å². The standard InChI is InChI=1S/C25H33N3O2/c1-3-26-25(28-22-14-16-29-23-9-5-4-8-21(22)23)27-17-20-7-6-15-30-24(20)19-12-10-18(2)11-13-19/h4-5,8-13,20,22,24H,3,6-7,14-17H2,1-2H3,(H2,26,27,28). The Bertz CT molecular complexity index is 850. The van der Waals surface area contributed by atoms with E-state index in [1.807, 2.05) is 12.1 Å². The molecule has 4 rings (SSSR count). The molecule has 2 aromatic rings. The van der Waals surface area contributed by atoms with E-state index in [4.69, 9.17) is 14.5 Å². The third-order valence-corrected chi connectivity index (χ3v) is 5.95. The second-order valence-corrected chi connectivity index (χ2v) is 8.20. The quantitative estimate of drug-likeness (QED) is 0.564. The zero-order chi connectivity index (χ0) is 20.8. The number of rotatable bonds is 5. The van der Waals surface area contributed by atoms with Crippen molar-refractivity contribution in [3.63, 3.8) is 0 Å². The summed E-state index contributed by atoms with van der Waals surface area (Å²) >= 11 is 0. The third-order valence-electron chi connectivity index (χ3n) is 5.95. The summed E-state index contributed by atoms with van der Waals surface area (Å²) in [6, 6.07) is 17.2. The monoisotopic (exact) mass is 407 g/mol. The second-order valence-electron chi connectivity index (χ2n) is 8.20. The molecule has 3 atom stereocenters. The van der Waals surface area contributed by atoms with Crippen molar-refractivity contribution in [2.75, 3.05) is 26.3 Å². The molecule has 3 unspecified atom stereocenters. The maximum atomic E-state index is 6.18. The zero-order valence-corrected chi connectivity index (χ0v) is 18.1. The minimum atomic E-state index is 0.120. The van der Waals surface area contributed by atoms with Crippen LogP contribution in [0.4, 0.5) is 0 Å². The number of guanidine groups is 1. The van der Waals surface area contributed by atoms with Gasteiger partial charge in [-0.25, -0.2) is 0 Å². The number of ether oxygens (including phenoxy) is 2. The van der Waals surface area contributed by atoms with Gasteiger partial charge in [0, 0.05) is 37.6 Å². The van der Waals surface area contributed by atoms with Crippen molar-refractivity contribution in [2.24, 2.45) is 10.9 Å². The van der Waals surface area contributed by atoms with E-state index in [9.17, 15) is 0 Å². The number of para-hydroxylation sites is 1. The minimum absolute atomic E-state index is 0.120. The summed E-state index contributed by atoms with van der Waals surface area (Å²) in [4.78, 5) is 4.97. The van der Waals surface area contributed by atoms with Crippen LogP contribution in [0.5, 0.6) is 5.75 Å². The maximum Gasteiger partial charge on any atom is 0.191 e. The Morgan fingerprint density at radius 2 is 1.90 bits per heavy atom. The summed E-state index contributed by atoms with van der Waals surface area (Å²) in [5.74, 6) is 2.23. The van der Waals surface area contributed by atoms with Crippen LogP contribution >= 0.6 is 0 Å². The van der Waals surface area contributed by atoms with Gasteiger partial charge < -0.3 is 20.1 Å². The van der Waals surface area contributed by atoms with Gasteiger partial charge in [-0.05, 0) is 38.3 Å². The van der Waals surface area contributed by atoms with Crippen LogP contribution in [-0.2, 0) is 4.74 Å². The number of nitrogens with one attached hydrogen (secondary N) is 2. The molecule has 1 fully saturated rings. The summed E-state index contributed by atoms with van der Waals surface area (Å²) < 4.78 is 12.0. The summed E-state index contributed by atoms with van der Waals surface area (Å²) in [5, 5.41) is 7.05. The van der Waals surface area contributed by atoms with E-state index >= 15 is 0 Å². The highest BCUT2D eigenvalue weighted by Gasteiger charge is 2.28. The van der Waals surface area contributed by atoms with Gasteiger partial charge >= 0.3 is 0 Å². The SMILES string of the molecule is CCNC(=NCC1CCCOC1c1ccc(C)cc1)NC1CCOc2ccccc21. The lowest BCUT2D eigenvalue weighted by Crippen LogP contribution is -2.41. The number of benzene rings is 2. The molecule has 5 nitrogen and oxygen atoms in total. The molecule has 0 aliphatic carbocycles. The van der Waals surface area contributed by atoms with E-state index in [2.05, 4.69) is 60.9 Å². The predicted molar refractivity (Wildman–Crippen MR) is 121 cm³/mol. The largest absolute Gasteiger partial charge is 0.493 e. The van der Waals surface area contributed by atoms with Gasteiger partial charge in [0.2, 0.25) is 0 Å². The molecular weight excluding hydrogens is 374 g/mol. The lowest BCUT2D eigenvalue weighted by Gasteiger charge is -2.32. The average Bonchev–Trinajstić information content (AvgIpc) is 2.79. The van der Waals surface area contributed by atoms with Gasteiger partial charge in [0.15, 0.2) is 5.96 Å². The van der Waals surface area contributed by atoms with Crippen LogP contribution in [-0.4, -0.2) is 32.3 Å². The highest BCUT2D eigenvalue weighted by molar-refractivity contribution is 5.80. The molecule has 2 aromatic carbocycles. The molecule has 0 bridgehead atoms. The number of nitrogens with zero attached hydrogens (tertiary/aromatic N) is 1.